The van der Waals surface area contributed by atoms with Gasteiger partial charge in [0.25, 0.3) is 0 Å². The fraction of sp³-hybridized carbons (Fsp3) is 0.429. The van der Waals surface area contributed by atoms with Gasteiger partial charge in [0, 0.05) is 26.3 Å². The summed E-state index contributed by atoms with van der Waals surface area (Å²) in [5.41, 5.74) is 0.524. The van der Waals surface area contributed by atoms with Crippen LogP contribution in [0, 0.1) is 18.3 Å². The van der Waals surface area contributed by atoms with E-state index in [0.717, 1.165) is 6.42 Å². The largest absolute Gasteiger partial charge is 0.380 e. The summed E-state index contributed by atoms with van der Waals surface area (Å²) in [6.07, 6.45) is 2.43. The highest BCUT2D eigenvalue weighted by molar-refractivity contribution is 5.55. The van der Waals surface area contributed by atoms with Gasteiger partial charge >= 0.3 is 0 Å². The second kappa shape index (κ2) is 5.50. The highest BCUT2D eigenvalue weighted by Crippen LogP contribution is 2.36. The van der Waals surface area contributed by atoms with Crippen LogP contribution in [-0.4, -0.2) is 34.9 Å². The second-order valence-corrected chi connectivity index (χ2v) is 4.93. The van der Waals surface area contributed by atoms with Crippen LogP contribution < -0.4 is 4.90 Å². The van der Waals surface area contributed by atoms with Crippen LogP contribution in [0.1, 0.15) is 29.7 Å². The zero-order valence-electron chi connectivity index (χ0n) is 11.9. The van der Waals surface area contributed by atoms with Gasteiger partial charge in [0.1, 0.15) is 17.9 Å². The van der Waals surface area contributed by atoms with E-state index in [2.05, 4.69) is 21.2 Å². The maximum absolute atomic E-state index is 9.26. The van der Waals surface area contributed by atoms with Crippen molar-refractivity contribution in [1.29, 1.82) is 5.26 Å². The third kappa shape index (κ3) is 2.45. The normalized spacial score (nSPS) is 21.5. The van der Waals surface area contributed by atoms with Gasteiger partial charge < -0.3 is 14.2 Å². The van der Waals surface area contributed by atoms with Crippen LogP contribution in [0.15, 0.2) is 22.9 Å². The van der Waals surface area contributed by atoms with Crippen LogP contribution in [0.5, 0.6) is 0 Å². The molecule has 0 aromatic carbocycles. The number of hydrogen-bond donors (Lipinski definition) is 0. The lowest BCUT2D eigenvalue weighted by molar-refractivity contribution is 0.117. The quantitative estimate of drug-likeness (QED) is 0.846. The van der Waals surface area contributed by atoms with Crippen molar-refractivity contribution in [3.8, 4) is 6.07 Å². The molecule has 2 atom stereocenters. The minimum atomic E-state index is -0.127. The number of aryl methyl sites for hydroxylation is 1. The molecule has 3 rings (SSSR count). The number of anilines is 1. The molecule has 0 spiro atoms. The lowest BCUT2D eigenvalue weighted by Gasteiger charge is -2.23. The molecular weight excluding hydrogens is 270 g/mol. The lowest BCUT2D eigenvalue weighted by Crippen LogP contribution is -2.26. The van der Waals surface area contributed by atoms with Gasteiger partial charge in [-0.3, -0.25) is 0 Å². The Morgan fingerprint density at radius 3 is 3.05 bits per heavy atom. The molecule has 7 heteroatoms. The number of rotatable bonds is 3. The van der Waals surface area contributed by atoms with E-state index in [1.807, 2.05) is 4.90 Å². The fourth-order valence-corrected chi connectivity index (χ4v) is 2.60. The predicted octanol–water partition coefficient (Wildman–Crippen LogP) is 1.61. The average molecular weight is 285 g/mol. The molecule has 0 unspecified atom stereocenters. The van der Waals surface area contributed by atoms with Crippen LogP contribution in [0.4, 0.5) is 5.82 Å². The Morgan fingerprint density at radius 2 is 2.38 bits per heavy atom. The predicted molar refractivity (Wildman–Crippen MR) is 73.5 cm³/mol. The first-order chi connectivity index (χ1) is 10.2. The van der Waals surface area contributed by atoms with Gasteiger partial charge in [0.05, 0.1) is 11.7 Å². The number of nitriles is 1. The number of hydrogen-bond acceptors (Lipinski definition) is 7. The zero-order chi connectivity index (χ0) is 14.8. The maximum atomic E-state index is 9.26. The number of pyridine rings is 1. The van der Waals surface area contributed by atoms with Gasteiger partial charge in [-0.25, -0.2) is 4.98 Å². The second-order valence-electron chi connectivity index (χ2n) is 4.93. The summed E-state index contributed by atoms with van der Waals surface area (Å²) in [7, 11) is 1.67. The van der Waals surface area contributed by atoms with E-state index in [9.17, 15) is 5.26 Å². The molecule has 7 nitrogen and oxygen atoms in total. The maximum Gasteiger partial charge on any atom is 0.249 e. The summed E-state index contributed by atoms with van der Waals surface area (Å²) in [6.45, 7) is 2.41. The number of methoxy groups -OCH3 is 1. The average Bonchev–Trinajstić information content (AvgIpc) is 3.13. The van der Waals surface area contributed by atoms with Crippen molar-refractivity contribution in [3.63, 3.8) is 0 Å². The molecule has 2 aromatic rings. The monoisotopic (exact) mass is 285 g/mol. The summed E-state index contributed by atoms with van der Waals surface area (Å²) in [5, 5.41) is 13.1. The summed E-state index contributed by atoms with van der Waals surface area (Å²) in [4.78, 5) is 10.6. The molecule has 0 N–H and O–H groups in total. The first kappa shape index (κ1) is 13.5. The molecule has 0 amide bonds. The Labute approximate surface area is 122 Å². The molecular formula is C14H15N5O2. The Kier molecular flexibility index (Phi) is 3.54. The number of ether oxygens (including phenoxy) is 1. The third-order valence-electron chi connectivity index (χ3n) is 3.60. The van der Waals surface area contributed by atoms with Crippen molar-refractivity contribution < 1.29 is 9.26 Å². The van der Waals surface area contributed by atoms with E-state index in [1.54, 1.807) is 32.4 Å². The van der Waals surface area contributed by atoms with E-state index in [0.29, 0.717) is 29.6 Å². The van der Waals surface area contributed by atoms with Crippen molar-refractivity contribution in [1.82, 2.24) is 15.1 Å². The van der Waals surface area contributed by atoms with E-state index >= 15 is 0 Å². The minimum Gasteiger partial charge on any atom is -0.380 e. The van der Waals surface area contributed by atoms with Gasteiger partial charge in [-0.15, -0.1) is 0 Å². The lowest BCUT2D eigenvalue weighted by atomic mass is 10.2. The smallest absolute Gasteiger partial charge is 0.249 e. The molecule has 21 heavy (non-hydrogen) atoms. The SMILES string of the molecule is CO[C@H]1C[C@H](c2nc(C)no2)N(c2ncccc2C#N)C1. The number of nitrogens with zero attached hydrogens (tertiary/aromatic N) is 5. The van der Waals surface area contributed by atoms with E-state index in [4.69, 9.17) is 9.26 Å². The van der Waals surface area contributed by atoms with Crippen molar-refractivity contribution in [2.75, 3.05) is 18.6 Å². The van der Waals surface area contributed by atoms with Gasteiger partial charge in [0.15, 0.2) is 5.82 Å². The number of aromatic nitrogens is 3. The van der Waals surface area contributed by atoms with Crippen molar-refractivity contribution >= 4 is 5.82 Å². The molecule has 3 heterocycles. The minimum absolute atomic E-state index is 0.0377. The van der Waals surface area contributed by atoms with Gasteiger partial charge in [-0.05, 0) is 19.1 Å². The molecule has 0 saturated carbocycles. The van der Waals surface area contributed by atoms with Crippen LogP contribution in [0.3, 0.4) is 0 Å². The van der Waals surface area contributed by atoms with Gasteiger partial charge in [-0.2, -0.15) is 10.2 Å². The topological polar surface area (TPSA) is 88.1 Å². The van der Waals surface area contributed by atoms with Gasteiger partial charge in [0.2, 0.25) is 5.89 Å². The molecule has 0 aliphatic carbocycles. The summed E-state index contributed by atoms with van der Waals surface area (Å²) < 4.78 is 10.7. The fourth-order valence-electron chi connectivity index (χ4n) is 2.60. The molecule has 1 aliphatic rings. The molecule has 0 radical (unpaired) electrons. The molecule has 1 aliphatic heterocycles. The Balaban J connectivity index is 2.00. The molecule has 108 valence electrons. The van der Waals surface area contributed by atoms with E-state index < -0.39 is 0 Å². The zero-order valence-corrected chi connectivity index (χ0v) is 11.9. The first-order valence-corrected chi connectivity index (χ1v) is 6.67. The molecule has 0 bridgehead atoms. The summed E-state index contributed by atoms with van der Waals surface area (Å²) in [6, 6.07) is 5.54. The van der Waals surface area contributed by atoms with Crippen LogP contribution in [0.25, 0.3) is 0 Å². The van der Waals surface area contributed by atoms with Crippen LogP contribution >= 0.6 is 0 Å². The van der Waals surface area contributed by atoms with E-state index in [-0.39, 0.29) is 12.1 Å². The highest BCUT2D eigenvalue weighted by Gasteiger charge is 2.38. The molecule has 2 aromatic heterocycles. The summed E-state index contributed by atoms with van der Waals surface area (Å²) in [5.74, 6) is 1.74. The standard InChI is InChI=1S/C14H15N5O2/c1-9-17-14(21-18-9)12-6-11(20-2)8-19(12)13-10(7-15)4-3-5-16-13/h3-5,11-12H,6,8H2,1-2H3/t11-,12+/m0/s1. The van der Waals surface area contributed by atoms with Crippen molar-refractivity contribution in [3.05, 3.63) is 35.6 Å². The Bertz CT molecular complexity index is 678. The summed E-state index contributed by atoms with van der Waals surface area (Å²) >= 11 is 0. The Morgan fingerprint density at radius 1 is 1.52 bits per heavy atom. The highest BCUT2D eigenvalue weighted by atomic mass is 16.5. The van der Waals surface area contributed by atoms with Crippen molar-refractivity contribution in [2.24, 2.45) is 0 Å². The molecule has 1 fully saturated rings. The van der Waals surface area contributed by atoms with Gasteiger partial charge in [-0.1, -0.05) is 5.16 Å². The Hall–Kier alpha value is -2.46. The first-order valence-electron chi connectivity index (χ1n) is 6.67. The van der Waals surface area contributed by atoms with Crippen molar-refractivity contribution in [2.45, 2.75) is 25.5 Å². The van der Waals surface area contributed by atoms with Crippen LogP contribution in [-0.2, 0) is 4.74 Å². The van der Waals surface area contributed by atoms with Crippen LogP contribution in [0.2, 0.25) is 0 Å². The third-order valence-corrected chi connectivity index (χ3v) is 3.60. The molecule has 1 saturated heterocycles. The van der Waals surface area contributed by atoms with E-state index in [1.165, 1.54) is 0 Å².